The van der Waals surface area contributed by atoms with Crippen molar-refractivity contribution >= 4 is 16.9 Å². The third kappa shape index (κ3) is 1.33. The summed E-state index contributed by atoms with van der Waals surface area (Å²) < 4.78 is 0. The van der Waals surface area contributed by atoms with Gasteiger partial charge in [0.05, 0.1) is 5.52 Å². The fraction of sp³-hybridized carbons (Fsp3) is 0. The third-order valence-corrected chi connectivity index (χ3v) is 1.51. The topological polar surface area (TPSA) is 83.3 Å². The Bertz CT molecular complexity index is 389. The predicted molar refractivity (Wildman–Crippen MR) is 47.6 cm³/mol. The summed E-state index contributed by atoms with van der Waals surface area (Å²) >= 11 is 0. The molecule has 0 atom stereocenters. The van der Waals surface area contributed by atoms with Crippen molar-refractivity contribution in [1.29, 1.82) is 0 Å². The van der Waals surface area contributed by atoms with E-state index in [1.165, 1.54) is 0 Å². The molecule has 1 aromatic heterocycles. The van der Waals surface area contributed by atoms with E-state index in [0.717, 1.165) is 10.9 Å². The second-order valence-corrected chi connectivity index (χ2v) is 2.29. The Hall–Kier alpha value is -1.68. The van der Waals surface area contributed by atoms with Crippen LogP contribution in [0.3, 0.4) is 0 Å². The molecule has 0 saturated carbocycles. The summed E-state index contributed by atoms with van der Waals surface area (Å²) in [6, 6.07) is 7.73. The van der Waals surface area contributed by atoms with Gasteiger partial charge in [-0.25, -0.2) is 9.97 Å². The summed E-state index contributed by atoms with van der Waals surface area (Å²) in [5.41, 5.74) is 6.29. The van der Waals surface area contributed by atoms with Crippen molar-refractivity contribution < 1.29 is 5.48 Å². The number of nitrogen functional groups attached to an aromatic ring is 1. The van der Waals surface area contributed by atoms with Gasteiger partial charge in [-0.1, -0.05) is 18.2 Å². The van der Waals surface area contributed by atoms with E-state index in [1.54, 1.807) is 6.20 Å². The zero-order chi connectivity index (χ0) is 7.68. The quantitative estimate of drug-likeness (QED) is 0.609. The van der Waals surface area contributed by atoms with Gasteiger partial charge in [-0.15, -0.1) is 0 Å². The number of hydrogen-bond acceptors (Lipinski definition) is 3. The minimum atomic E-state index is 0. The standard InChI is InChI=1S/C8H7N3.H2O/c9-8-10-5-6-3-1-2-4-7(6)11-8;/h1-5H,(H2,9,10,11);1H2. The zero-order valence-corrected chi connectivity index (χ0v) is 6.36. The van der Waals surface area contributed by atoms with E-state index < -0.39 is 0 Å². The Labute approximate surface area is 69.4 Å². The highest BCUT2D eigenvalue weighted by molar-refractivity contribution is 5.78. The van der Waals surface area contributed by atoms with E-state index >= 15 is 0 Å². The first-order chi connectivity index (χ1) is 5.36. The lowest BCUT2D eigenvalue weighted by atomic mass is 10.2. The molecular formula is C8H9N3O. The average Bonchev–Trinajstić information content (AvgIpc) is 2.04. The Morgan fingerprint density at radius 3 is 2.75 bits per heavy atom. The van der Waals surface area contributed by atoms with Crippen molar-refractivity contribution in [3.05, 3.63) is 30.5 Å². The van der Waals surface area contributed by atoms with E-state index in [0.29, 0.717) is 5.95 Å². The van der Waals surface area contributed by atoms with Crippen LogP contribution < -0.4 is 5.73 Å². The zero-order valence-electron chi connectivity index (χ0n) is 6.36. The van der Waals surface area contributed by atoms with Crippen LogP contribution in [0, 0.1) is 0 Å². The molecule has 0 bridgehead atoms. The van der Waals surface area contributed by atoms with Gasteiger partial charge in [0.25, 0.3) is 0 Å². The molecule has 12 heavy (non-hydrogen) atoms. The molecule has 4 nitrogen and oxygen atoms in total. The van der Waals surface area contributed by atoms with Gasteiger partial charge in [0.2, 0.25) is 5.95 Å². The van der Waals surface area contributed by atoms with Crippen molar-refractivity contribution in [2.45, 2.75) is 0 Å². The highest BCUT2D eigenvalue weighted by atomic mass is 16.0. The van der Waals surface area contributed by atoms with Gasteiger partial charge in [0, 0.05) is 11.6 Å². The molecule has 0 amide bonds. The summed E-state index contributed by atoms with van der Waals surface area (Å²) in [5.74, 6) is 0.323. The van der Waals surface area contributed by atoms with Gasteiger partial charge in [0.1, 0.15) is 0 Å². The van der Waals surface area contributed by atoms with Gasteiger partial charge in [-0.2, -0.15) is 0 Å². The highest BCUT2D eigenvalue weighted by Gasteiger charge is 1.92. The first-order valence-electron chi connectivity index (χ1n) is 3.33. The smallest absolute Gasteiger partial charge is 0.220 e. The molecule has 1 aromatic carbocycles. The molecule has 0 unspecified atom stereocenters. The maximum absolute atomic E-state index is 5.40. The molecule has 0 aliphatic carbocycles. The number of aromatic nitrogens is 2. The largest absolute Gasteiger partial charge is 0.412 e. The number of benzene rings is 1. The van der Waals surface area contributed by atoms with Crippen molar-refractivity contribution in [1.82, 2.24) is 9.97 Å². The summed E-state index contributed by atoms with van der Waals surface area (Å²) in [4.78, 5) is 7.92. The van der Waals surface area contributed by atoms with Crippen LogP contribution in [0.25, 0.3) is 10.9 Å². The lowest BCUT2D eigenvalue weighted by Crippen LogP contribution is -1.93. The van der Waals surface area contributed by atoms with Gasteiger partial charge < -0.3 is 11.2 Å². The number of fused-ring (bicyclic) bond motifs is 1. The number of nitrogens with two attached hydrogens (primary N) is 1. The maximum atomic E-state index is 5.40. The Balaban J connectivity index is 0.000000720. The molecule has 2 rings (SSSR count). The fourth-order valence-electron chi connectivity index (χ4n) is 0.986. The summed E-state index contributed by atoms with van der Waals surface area (Å²) in [5, 5.41) is 1.02. The first kappa shape index (κ1) is 8.42. The predicted octanol–water partition coefficient (Wildman–Crippen LogP) is 0.387. The molecular weight excluding hydrogens is 154 g/mol. The van der Waals surface area contributed by atoms with Crippen LogP contribution in [0.5, 0.6) is 0 Å². The lowest BCUT2D eigenvalue weighted by molar-refractivity contribution is 0.824. The summed E-state index contributed by atoms with van der Waals surface area (Å²) in [6.45, 7) is 0. The van der Waals surface area contributed by atoms with Crippen LogP contribution in [0.4, 0.5) is 5.95 Å². The maximum Gasteiger partial charge on any atom is 0.220 e. The van der Waals surface area contributed by atoms with E-state index in [-0.39, 0.29) is 5.48 Å². The molecule has 0 spiro atoms. The number of nitrogens with zero attached hydrogens (tertiary/aromatic N) is 2. The fourth-order valence-corrected chi connectivity index (χ4v) is 0.986. The van der Waals surface area contributed by atoms with E-state index in [1.807, 2.05) is 24.3 Å². The van der Waals surface area contributed by atoms with Crippen molar-refractivity contribution in [3.8, 4) is 0 Å². The normalized spacial score (nSPS) is 9.33. The number of rotatable bonds is 0. The summed E-state index contributed by atoms with van der Waals surface area (Å²) in [7, 11) is 0. The van der Waals surface area contributed by atoms with Crippen molar-refractivity contribution in [3.63, 3.8) is 0 Å². The Kier molecular flexibility index (Phi) is 2.21. The molecule has 1 heterocycles. The second kappa shape index (κ2) is 3.15. The molecule has 2 aromatic rings. The molecule has 0 fully saturated rings. The SMILES string of the molecule is Nc1ncc2ccccc2n1.O. The lowest BCUT2D eigenvalue weighted by Gasteiger charge is -1.94. The van der Waals surface area contributed by atoms with Crippen molar-refractivity contribution in [2.75, 3.05) is 5.73 Å². The average molecular weight is 163 g/mol. The third-order valence-electron chi connectivity index (χ3n) is 1.51. The van der Waals surface area contributed by atoms with Crippen LogP contribution in [-0.2, 0) is 0 Å². The van der Waals surface area contributed by atoms with Crippen LogP contribution in [-0.4, -0.2) is 15.4 Å². The Morgan fingerprint density at radius 1 is 1.17 bits per heavy atom. The first-order valence-corrected chi connectivity index (χ1v) is 3.33. The molecule has 0 aliphatic rings. The second-order valence-electron chi connectivity index (χ2n) is 2.29. The highest BCUT2D eigenvalue weighted by Crippen LogP contribution is 2.09. The molecule has 0 aliphatic heterocycles. The van der Waals surface area contributed by atoms with Gasteiger partial charge in [-0.05, 0) is 6.07 Å². The van der Waals surface area contributed by atoms with Gasteiger partial charge in [0.15, 0.2) is 0 Å². The molecule has 0 radical (unpaired) electrons. The van der Waals surface area contributed by atoms with E-state index in [2.05, 4.69) is 9.97 Å². The van der Waals surface area contributed by atoms with Crippen LogP contribution in [0.1, 0.15) is 0 Å². The Morgan fingerprint density at radius 2 is 1.92 bits per heavy atom. The summed E-state index contributed by atoms with van der Waals surface area (Å²) in [6.07, 6.45) is 1.72. The van der Waals surface area contributed by atoms with Crippen molar-refractivity contribution in [2.24, 2.45) is 0 Å². The molecule has 4 N–H and O–H groups in total. The van der Waals surface area contributed by atoms with E-state index in [4.69, 9.17) is 5.73 Å². The number of para-hydroxylation sites is 1. The molecule has 4 heteroatoms. The van der Waals surface area contributed by atoms with Crippen LogP contribution >= 0.6 is 0 Å². The van der Waals surface area contributed by atoms with Crippen LogP contribution in [0.2, 0.25) is 0 Å². The van der Waals surface area contributed by atoms with Gasteiger partial charge in [-0.3, -0.25) is 0 Å². The minimum Gasteiger partial charge on any atom is -0.412 e. The number of hydrogen-bond donors (Lipinski definition) is 1. The number of anilines is 1. The van der Waals surface area contributed by atoms with E-state index in [9.17, 15) is 0 Å². The van der Waals surface area contributed by atoms with Crippen LogP contribution in [0.15, 0.2) is 30.5 Å². The minimum absolute atomic E-state index is 0. The monoisotopic (exact) mass is 163 g/mol. The molecule has 0 saturated heterocycles. The van der Waals surface area contributed by atoms with Gasteiger partial charge >= 0.3 is 0 Å². The molecule has 62 valence electrons.